The Morgan fingerprint density at radius 2 is 1.57 bits per heavy atom. The third-order valence-corrected chi connectivity index (χ3v) is 4.11. The molecule has 1 rings (SSSR count). The smallest absolute Gasteiger partial charge is 0.220 e. The van der Waals surface area contributed by atoms with Gasteiger partial charge in [0.05, 0.1) is 0 Å². The van der Waals surface area contributed by atoms with E-state index in [0.29, 0.717) is 19.5 Å². The van der Waals surface area contributed by atoms with Gasteiger partial charge in [-0.1, -0.05) is 43.7 Å². The number of unbranched alkanes of at least 4 members (excludes halogenated alkanes) is 1. The van der Waals surface area contributed by atoms with Gasteiger partial charge in [-0.2, -0.15) is 0 Å². The molecule has 1 aromatic carbocycles. The molecular weight excluding hydrogens is 288 g/mol. The molecule has 0 bridgehead atoms. The monoisotopic (exact) mass is 318 g/mol. The molecule has 0 aliphatic carbocycles. The van der Waals surface area contributed by atoms with Gasteiger partial charge in [0.15, 0.2) is 0 Å². The maximum Gasteiger partial charge on any atom is 0.220 e. The van der Waals surface area contributed by atoms with Gasteiger partial charge in [-0.15, -0.1) is 0 Å². The van der Waals surface area contributed by atoms with Crippen molar-refractivity contribution in [3.05, 3.63) is 35.4 Å². The third kappa shape index (κ3) is 7.82. The van der Waals surface area contributed by atoms with Crippen molar-refractivity contribution in [2.75, 3.05) is 13.1 Å². The van der Waals surface area contributed by atoms with Crippen LogP contribution in [0, 0.1) is 6.92 Å². The summed E-state index contributed by atoms with van der Waals surface area (Å²) in [7, 11) is 0. The summed E-state index contributed by atoms with van der Waals surface area (Å²) in [6.07, 6.45) is 3.13. The molecule has 23 heavy (non-hydrogen) atoms. The van der Waals surface area contributed by atoms with Gasteiger partial charge in [-0.05, 0) is 37.2 Å². The zero-order chi connectivity index (χ0) is 17.3. The van der Waals surface area contributed by atoms with E-state index in [0.717, 1.165) is 19.3 Å². The molecule has 0 aliphatic heterocycles. The quantitative estimate of drug-likeness (QED) is 0.687. The minimum atomic E-state index is -0.00706. The van der Waals surface area contributed by atoms with Crippen LogP contribution in [-0.4, -0.2) is 24.9 Å². The fraction of sp³-hybridized carbons (Fsp3) is 0.579. The van der Waals surface area contributed by atoms with E-state index in [1.807, 2.05) is 0 Å². The Bertz CT molecular complexity index is 507. The molecular formula is C19H30N2O2. The van der Waals surface area contributed by atoms with Crippen LogP contribution in [0.2, 0.25) is 0 Å². The number of benzene rings is 1. The Morgan fingerprint density at radius 3 is 2.13 bits per heavy atom. The van der Waals surface area contributed by atoms with E-state index >= 15 is 0 Å². The van der Waals surface area contributed by atoms with Crippen molar-refractivity contribution in [2.45, 2.75) is 58.8 Å². The molecule has 0 aliphatic rings. The van der Waals surface area contributed by atoms with E-state index in [4.69, 9.17) is 0 Å². The molecule has 0 saturated heterocycles. The minimum absolute atomic E-state index is 0.00352. The molecule has 0 saturated carbocycles. The largest absolute Gasteiger partial charge is 0.356 e. The fourth-order valence-electron chi connectivity index (χ4n) is 2.41. The van der Waals surface area contributed by atoms with E-state index in [-0.39, 0.29) is 17.2 Å². The number of carbonyl (C=O) groups excluding carboxylic acids is 2. The molecule has 0 atom stereocenters. The molecule has 4 nitrogen and oxygen atoms in total. The van der Waals surface area contributed by atoms with Crippen LogP contribution in [0.1, 0.15) is 57.6 Å². The lowest BCUT2D eigenvalue weighted by Gasteiger charge is -2.25. The van der Waals surface area contributed by atoms with Crippen LogP contribution >= 0.6 is 0 Å². The van der Waals surface area contributed by atoms with E-state index in [2.05, 4.69) is 55.7 Å². The molecule has 0 fully saturated rings. The summed E-state index contributed by atoms with van der Waals surface area (Å²) in [6.45, 7) is 9.29. The molecule has 0 radical (unpaired) electrons. The summed E-state index contributed by atoms with van der Waals surface area (Å²) in [5.41, 5.74) is 2.52. The van der Waals surface area contributed by atoms with Gasteiger partial charge in [-0.25, -0.2) is 0 Å². The molecule has 1 aromatic rings. The van der Waals surface area contributed by atoms with E-state index in [1.54, 1.807) is 0 Å². The lowest BCUT2D eigenvalue weighted by atomic mass is 9.80. The van der Waals surface area contributed by atoms with E-state index in [1.165, 1.54) is 18.1 Å². The minimum Gasteiger partial charge on any atom is -0.356 e. The molecule has 2 N–H and O–H groups in total. The highest BCUT2D eigenvalue weighted by Gasteiger charge is 2.21. The van der Waals surface area contributed by atoms with Gasteiger partial charge in [0.2, 0.25) is 11.8 Å². The van der Waals surface area contributed by atoms with Crippen LogP contribution in [0.4, 0.5) is 0 Å². The summed E-state index contributed by atoms with van der Waals surface area (Å²) in [5.74, 6) is 0.0945. The van der Waals surface area contributed by atoms with Crippen molar-refractivity contribution in [1.29, 1.82) is 0 Å². The zero-order valence-corrected chi connectivity index (χ0v) is 14.9. The summed E-state index contributed by atoms with van der Waals surface area (Å²) in [5, 5.41) is 5.70. The van der Waals surface area contributed by atoms with E-state index in [9.17, 15) is 9.59 Å². The Balaban J connectivity index is 2.24. The normalized spacial score (nSPS) is 11.1. The molecule has 0 spiro atoms. The van der Waals surface area contributed by atoms with Crippen molar-refractivity contribution < 1.29 is 9.59 Å². The first kappa shape index (κ1) is 19.2. The summed E-state index contributed by atoms with van der Waals surface area (Å²) in [4.78, 5) is 22.7. The highest BCUT2D eigenvalue weighted by Crippen LogP contribution is 2.28. The van der Waals surface area contributed by atoms with Crippen LogP contribution in [0.3, 0.4) is 0 Å². The SMILES string of the molecule is CC(=O)NCCCCNC(=O)CCC(C)(C)c1ccc(C)cc1. The average Bonchev–Trinajstić information content (AvgIpc) is 2.49. The second kappa shape index (κ2) is 9.33. The maximum absolute atomic E-state index is 11.9. The van der Waals surface area contributed by atoms with Crippen LogP contribution in [-0.2, 0) is 15.0 Å². The topological polar surface area (TPSA) is 58.2 Å². The van der Waals surface area contributed by atoms with Crippen LogP contribution in [0.5, 0.6) is 0 Å². The lowest BCUT2D eigenvalue weighted by molar-refractivity contribution is -0.121. The Hall–Kier alpha value is -1.84. The summed E-state index contributed by atoms with van der Waals surface area (Å²) in [6, 6.07) is 8.53. The average molecular weight is 318 g/mol. The van der Waals surface area contributed by atoms with Crippen molar-refractivity contribution in [3.8, 4) is 0 Å². The third-order valence-electron chi connectivity index (χ3n) is 4.11. The molecule has 0 heterocycles. The van der Waals surface area contributed by atoms with Crippen molar-refractivity contribution in [3.63, 3.8) is 0 Å². The highest BCUT2D eigenvalue weighted by atomic mass is 16.2. The summed E-state index contributed by atoms with van der Waals surface area (Å²) < 4.78 is 0. The Labute approximate surface area is 140 Å². The second-order valence-corrected chi connectivity index (χ2v) is 6.79. The maximum atomic E-state index is 11.9. The second-order valence-electron chi connectivity index (χ2n) is 6.79. The van der Waals surface area contributed by atoms with Gasteiger partial charge in [-0.3, -0.25) is 9.59 Å². The van der Waals surface area contributed by atoms with Gasteiger partial charge in [0, 0.05) is 26.4 Å². The predicted molar refractivity (Wildman–Crippen MR) is 94.4 cm³/mol. The Morgan fingerprint density at radius 1 is 1.00 bits per heavy atom. The van der Waals surface area contributed by atoms with Crippen molar-refractivity contribution in [1.82, 2.24) is 10.6 Å². The zero-order valence-electron chi connectivity index (χ0n) is 14.9. The molecule has 0 unspecified atom stereocenters. The van der Waals surface area contributed by atoms with Gasteiger partial charge in [0.1, 0.15) is 0 Å². The van der Waals surface area contributed by atoms with Crippen molar-refractivity contribution >= 4 is 11.8 Å². The molecule has 2 amide bonds. The van der Waals surface area contributed by atoms with Gasteiger partial charge >= 0.3 is 0 Å². The molecule has 4 heteroatoms. The Kier molecular flexibility index (Phi) is 7.79. The van der Waals surface area contributed by atoms with Crippen LogP contribution in [0.25, 0.3) is 0 Å². The first-order valence-electron chi connectivity index (χ1n) is 8.39. The van der Waals surface area contributed by atoms with Crippen molar-refractivity contribution in [2.24, 2.45) is 0 Å². The first-order valence-corrected chi connectivity index (χ1v) is 8.39. The number of nitrogens with one attached hydrogen (secondary N) is 2. The number of rotatable bonds is 9. The van der Waals surface area contributed by atoms with Crippen LogP contribution in [0.15, 0.2) is 24.3 Å². The van der Waals surface area contributed by atoms with Gasteiger partial charge in [0.25, 0.3) is 0 Å². The first-order chi connectivity index (χ1) is 10.8. The standard InChI is InChI=1S/C19H30N2O2/c1-15-7-9-17(10-8-15)19(3,4)12-11-18(23)21-14-6-5-13-20-16(2)22/h7-10H,5-6,11-14H2,1-4H3,(H,20,22)(H,21,23). The highest BCUT2D eigenvalue weighted by molar-refractivity contribution is 5.76. The number of carbonyl (C=O) groups is 2. The molecule has 0 aromatic heterocycles. The predicted octanol–water partition coefficient (Wildman–Crippen LogP) is 3.09. The number of amides is 2. The fourth-order valence-corrected chi connectivity index (χ4v) is 2.41. The molecule has 128 valence electrons. The number of hydrogen-bond acceptors (Lipinski definition) is 2. The van der Waals surface area contributed by atoms with Gasteiger partial charge < -0.3 is 10.6 Å². The summed E-state index contributed by atoms with van der Waals surface area (Å²) >= 11 is 0. The number of hydrogen-bond donors (Lipinski definition) is 2. The van der Waals surface area contributed by atoms with Crippen LogP contribution < -0.4 is 10.6 Å². The lowest BCUT2D eigenvalue weighted by Crippen LogP contribution is -2.28. The number of aryl methyl sites for hydroxylation is 1. The van der Waals surface area contributed by atoms with E-state index < -0.39 is 0 Å².